The van der Waals surface area contributed by atoms with Crippen molar-refractivity contribution in [3.8, 4) is 34.2 Å². The number of thioether (sulfide) groups is 2. The van der Waals surface area contributed by atoms with E-state index in [0.717, 1.165) is 43.5 Å². The van der Waals surface area contributed by atoms with E-state index in [1.807, 2.05) is 55.3 Å². The van der Waals surface area contributed by atoms with Crippen molar-refractivity contribution in [2.75, 3.05) is 19.0 Å². The standard InChI is InChI=1S/C23H24N4O2S2/c1-27-13-17(12-25-27)22-10-20(16-6-8-18(9-7-16)29-14-28-2)21(11-24)23(26-22)31-15-30-19-4-3-5-19/h6-10,12-13,19H,3-5,14-15H2,1-2H3. The lowest BCUT2D eigenvalue weighted by Crippen LogP contribution is -2.13. The monoisotopic (exact) mass is 452 g/mol. The van der Waals surface area contributed by atoms with E-state index in [9.17, 15) is 5.26 Å². The highest BCUT2D eigenvalue weighted by molar-refractivity contribution is 8.16. The molecule has 1 fully saturated rings. The highest BCUT2D eigenvalue weighted by Gasteiger charge is 2.20. The molecule has 160 valence electrons. The fraction of sp³-hybridized carbons (Fsp3) is 0.348. The van der Waals surface area contributed by atoms with Gasteiger partial charge in [0, 0.05) is 41.8 Å². The van der Waals surface area contributed by atoms with Crippen LogP contribution in [0.15, 0.2) is 47.8 Å². The predicted molar refractivity (Wildman–Crippen MR) is 125 cm³/mol. The van der Waals surface area contributed by atoms with Crippen molar-refractivity contribution in [2.24, 2.45) is 7.05 Å². The molecule has 0 saturated heterocycles. The molecule has 0 atom stereocenters. The Bertz CT molecular complexity index is 1070. The van der Waals surface area contributed by atoms with Crippen LogP contribution in [0.3, 0.4) is 0 Å². The maximum atomic E-state index is 9.99. The Morgan fingerprint density at radius 2 is 2.03 bits per heavy atom. The largest absolute Gasteiger partial charge is 0.468 e. The lowest BCUT2D eigenvalue weighted by molar-refractivity contribution is 0.0511. The van der Waals surface area contributed by atoms with Gasteiger partial charge in [-0.3, -0.25) is 4.68 Å². The third kappa shape index (κ3) is 5.24. The molecule has 8 heteroatoms. The highest BCUT2D eigenvalue weighted by atomic mass is 32.2. The van der Waals surface area contributed by atoms with Gasteiger partial charge in [-0.15, -0.1) is 11.8 Å². The van der Waals surface area contributed by atoms with Gasteiger partial charge >= 0.3 is 0 Å². The van der Waals surface area contributed by atoms with Crippen LogP contribution < -0.4 is 4.74 Å². The van der Waals surface area contributed by atoms with Crippen molar-refractivity contribution in [2.45, 2.75) is 29.5 Å². The van der Waals surface area contributed by atoms with Gasteiger partial charge in [0.2, 0.25) is 0 Å². The second kappa shape index (κ2) is 10.2. The van der Waals surface area contributed by atoms with Crippen LogP contribution in [0.25, 0.3) is 22.4 Å². The topological polar surface area (TPSA) is 73.0 Å². The average Bonchev–Trinajstić information content (AvgIpc) is 3.20. The first kappa shape index (κ1) is 21.8. The van der Waals surface area contributed by atoms with Crippen LogP contribution in [0.2, 0.25) is 0 Å². The fourth-order valence-corrected chi connectivity index (χ4v) is 5.86. The Morgan fingerprint density at radius 1 is 1.23 bits per heavy atom. The van der Waals surface area contributed by atoms with Crippen LogP contribution in [-0.2, 0) is 11.8 Å². The number of nitrogens with zero attached hydrogens (tertiary/aromatic N) is 4. The predicted octanol–water partition coefficient (Wildman–Crippen LogP) is 5.34. The smallest absolute Gasteiger partial charge is 0.188 e. The SMILES string of the molecule is COCOc1ccc(-c2cc(-c3cnn(C)c3)nc(SCSC3CCC3)c2C#N)cc1. The zero-order chi connectivity index (χ0) is 21.6. The molecule has 1 aliphatic carbocycles. The Hall–Kier alpha value is -2.47. The van der Waals surface area contributed by atoms with Crippen molar-refractivity contribution < 1.29 is 9.47 Å². The molecule has 0 unspecified atom stereocenters. The zero-order valence-corrected chi connectivity index (χ0v) is 19.2. The molecule has 0 N–H and O–H groups in total. The van der Waals surface area contributed by atoms with Gasteiger partial charge in [0.15, 0.2) is 6.79 Å². The number of pyridine rings is 1. The first-order valence-corrected chi connectivity index (χ1v) is 12.1. The molecule has 6 nitrogen and oxygen atoms in total. The minimum Gasteiger partial charge on any atom is -0.468 e. The van der Waals surface area contributed by atoms with Crippen LogP contribution in [0.1, 0.15) is 24.8 Å². The van der Waals surface area contributed by atoms with E-state index in [1.54, 1.807) is 29.8 Å². The van der Waals surface area contributed by atoms with Gasteiger partial charge in [0.05, 0.1) is 17.5 Å². The Morgan fingerprint density at radius 3 is 2.65 bits per heavy atom. The van der Waals surface area contributed by atoms with E-state index in [-0.39, 0.29) is 6.79 Å². The number of hydrogen-bond acceptors (Lipinski definition) is 7. The summed E-state index contributed by atoms with van der Waals surface area (Å²) in [6.45, 7) is 0.197. The molecule has 0 bridgehead atoms. The number of rotatable bonds is 9. The quantitative estimate of drug-likeness (QED) is 0.320. The summed E-state index contributed by atoms with van der Waals surface area (Å²) in [5.74, 6) is 0.720. The molecule has 1 saturated carbocycles. The molecule has 31 heavy (non-hydrogen) atoms. The molecule has 0 spiro atoms. The van der Waals surface area contributed by atoms with E-state index < -0.39 is 0 Å². The summed E-state index contributed by atoms with van der Waals surface area (Å²) < 4.78 is 12.2. The second-order valence-electron chi connectivity index (χ2n) is 7.31. The molecule has 2 aromatic heterocycles. The molecule has 0 radical (unpaired) electrons. The number of hydrogen-bond donors (Lipinski definition) is 0. The number of methoxy groups -OCH3 is 1. The normalized spacial score (nSPS) is 13.6. The van der Waals surface area contributed by atoms with Gasteiger partial charge in [0.1, 0.15) is 16.8 Å². The van der Waals surface area contributed by atoms with E-state index >= 15 is 0 Å². The Balaban J connectivity index is 1.69. The Labute approximate surface area is 191 Å². The first-order valence-electron chi connectivity index (χ1n) is 10.1. The summed E-state index contributed by atoms with van der Waals surface area (Å²) in [6.07, 6.45) is 7.66. The second-order valence-corrected chi connectivity index (χ2v) is 9.92. The third-order valence-electron chi connectivity index (χ3n) is 5.16. The molecule has 4 rings (SSSR count). The van der Waals surface area contributed by atoms with Gasteiger partial charge in [-0.25, -0.2) is 4.98 Å². The fourth-order valence-electron chi connectivity index (χ4n) is 3.24. The van der Waals surface area contributed by atoms with E-state index in [2.05, 4.69) is 11.2 Å². The van der Waals surface area contributed by atoms with Crippen molar-refractivity contribution in [3.05, 3.63) is 48.3 Å². The van der Waals surface area contributed by atoms with Gasteiger partial charge < -0.3 is 9.47 Å². The van der Waals surface area contributed by atoms with Gasteiger partial charge in [0.25, 0.3) is 0 Å². The van der Waals surface area contributed by atoms with E-state index in [0.29, 0.717) is 5.56 Å². The number of aromatic nitrogens is 3. The summed E-state index contributed by atoms with van der Waals surface area (Å²) in [5.41, 5.74) is 4.17. The molecule has 1 aromatic carbocycles. The van der Waals surface area contributed by atoms with E-state index in [4.69, 9.17) is 14.5 Å². The van der Waals surface area contributed by atoms with Gasteiger partial charge in [-0.1, -0.05) is 30.3 Å². The van der Waals surface area contributed by atoms with Gasteiger partial charge in [-0.2, -0.15) is 10.4 Å². The summed E-state index contributed by atoms with van der Waals surface area (Å²) in [4.78, 5) is 4.84. The van der Waals surface area contributed by atoms with Crippen LogP contribution in [0.4, 0.5) is 0 Å². The summed E-state index contributed by atoms with van der Waals surface area (Å²) in [5, 5.41) is 16.7. The molecular weight excluding hydrogens is 428 g/mol. The number of benzene rings is 1. The van der Waals surface area contributed by atoms with E-state index in [1.165, 1.54) is 19.3 Å². The van der Waals surface area contributed by atoms with Crippen LogP contribution >= 0.6 is 23.5 Å². The minimum atomic E-state index is 0.197. The molecule has 0 amide bonds. The summed E-state index contributed by atoms with van der Waals surface area (Å²) in [6, 6.07) is 12.1. The van der Waals surface area contributed by atoms with Crippen LogP contribution in [0, 0.1) is 11.3 Å². The van der Waals surface area contributed by atoms with Crippen LogP contribution in [-0.4, -0.2) is 39.0 Å². The molecule has 2 heterocycles. The van der Waals surface area contributed by atoms with Crippen molar-refractivity contribution in [1.29, 1.82) is 5.26 Å². The Kier molecular flexibility index (Phi) is 7.17. The summed E-state index contributed by atoms with van der Waals surface area (Å²) >= 11 is 3.61. The molecule has 3 aromatic rings. The highest BCUT2D eigenvalue weighted by Crippen LogP contribution is 2.38. The van der Waals surface area contributed by atoms with Gasteiger partial charge in [-0.05, 0) is 36.6 Å². The lowest BCUT2D eigenvalue weighted by atomic mass is 10.00. The molecule has 0 aliphatic heterocycles. The number of aryl methyl sites for hydroxylation is 1. The van der Waals surface area contributed by atoms with Crippen molar-refractivity contribution in [1.82, 2.24) is 14.8 Å². The van der Waals surface area contributed by atoms with Crippen LogP contribution in [0.5, 0.6) is 5.75 Å². The lowest BCUT2D eigenvalue weighted by Gasteiger charge is -2.24. The van der Waals surface area contributed by atoms with Crippen molar-refractivity contribution in [3.63, 3.8) is 0 Å². The first-order chi connectivity index (χ1) is 15.2. The maximum absolute atomic E-state index is 9.99. The average molecular weight is 453 g/mol. The number of nitriles is 1. The maximum Gasteiger partial charge on any atom is 0.188 e. The van der Waals surface area contributed by atoms with Crippen molar-refractivity contribution >= 4 is 23.5 Å². The minimum absolute atomic E-state index is 0.197. The zero-order valence-electron chi connectivity index (χ0n) is 17.6. The third-order valence-corrected chi connectivity index (χ3v) is 7.69. The number of ether oxygens (including phenoxy) is 2. The summed E-state index contributed by atoms with van der Waals surface area (Å²) in [7, 11) is 3.48. The molecular formula is C23H24N4O2S2. The molecule has 1 aliphatic rings.